The van der Waals surface area contributed by atoms with Crippen LogP contribution in [0.4, 0.5) is 0 Å². The number of terminal acetylenes is 1. The van der Waals surface area contributed by atoms with Crippen LogP contribution in [0.15, 0.2) is 10.6 Å². The first-order chi connectivity index (χ1) is 7.63. The van der Waals surface area contributed by atoms with Crippen LogP contribution >= 0.6 is 0 Å². The van der Waals surface area contributed by atoms with Gasteiger partial charge in [-0.1, -0.05) is 11.1 Å². The van der Waals surface area contributed by atoms with Gasteiger partial charge in [0.15, 0.2) is 0 Å². The van der Waals surface area contributed by atoms with Crippen molar-refractivity contribution in [2.24, 2.45) is 0 Å². The number of aryl methyl sites for hydroxylation is 1. The van der Waals surface area contributed by atoms with Crippen LogP contribution in [0.1, 0.15) is 11.5 Å². The van der Waals surface area contributed by atoms with Gasteiger partial charge < -0.3 is 9.42 Å². The van der Waals surface area contributed by atoms with E-state index in [1.165, 1.54) is 0 Å². The van der Waals surface area contributed by atoms with Crippen LogP contribution in [-0.4, -0.2) is 36.1 Å². The van der Waals surface area contributed by atoms with E-state index in [0.717, 1.165) is 11.5 Å². The molecule has 1 heterocycles. The third-order valence-corrected chi connectivity index (χ3v) is 2.00. The molecule has 0 unspecified atom stereocenters. The Morgan fingerprint density at radius 3 is 3.06 bits per heavy atom. The average molecular weight is 221 g/mol. The van der Waals surface area contributed by atoms with Crippen molar-refractivity contribution in [3.8, 4) is 12.3 Å². The first-order valence-corrected chi connectivity index (χ1v) is 4.94. The summed E-state index contributed by atoms with van der Waals surface area (Å²) in [5, 5.41) is 6.65. The minimum Gasteiger partial charge on any atom is -0.361 e. The molecule has 5 heteroatoms. The number of amides is 1. The quantitative estimate of drug-likeness (QED) is 0.568. The van der Waals surface area contributed by atoms with Crippen LogP contribution in [0.25, 0.3) is 0 Å². The highest BCUT2D eigenvalue weighted by Crippen LogP contribution is 2.04. The zero-order valence-corrected chi connectivity index (χ0v) is 9.49. The molecule has 16 heavy (non-hydrogen) atoms. The smallest absolute Gasteiger partial charge is 0.236 e. The molecule has 1 rings (SSSR count). The van der Waals surface area contributed by atoms with Crippen LogP contribution in [0.2, 0.25) is 0 Å². The molecular formula is C11H15N3O2. The van der Waals surface area contributed by atoms with Gasteiger partial charge in [0.25, 0.3) is 0 Å². The number of carbonyl (C=O) groups excluding carboxylic acids is 1. The lowest BCUT2D eigenvalue weighted by atomic mass is 10.3. The van der Waals surface area contributed by atoms with Crippen LogP contribution < -0.4 is 5.32 Å². The number of likely N-dealkylation sites (N-methyl/N-ethyl adjacent to an activating group) is 1. The normalized spacial score (nSPS) is 9.81. The van der Waals surface area contributed by atoms with Crippen molar-refractivity contribution in [3.63, 3.8) is 0 Å². The Bertz CT molecular complexity index is 392. The van der Waals surface area contributed by atoms with Gasteiger partial charge in [-0.25, -0.2) is 0 Å². The molecule has 0 saturated carbocycles. The van der Waals surface area contributed by atoms with Crippen LogP contribution in [-0.2, 0) is 11.3 Å². The summed E-state index contributed by atoms with van der Waals surface area (Å²) >= 11 is 0. The SMILES string of the molecule is C#CCNCC(=O)N(C)Cc1cc(C)on1. The molecule has 86 valence electrons. The van der Waals surface area contributed by atoms with E-state index in [-0.39, 0.29) is 12.5 Å². The fraction of sp³-hybridized carbons (Fsp3) is 0.455. The molecule has 0 spiro atoms. The lowest BCUT2D eigenvalue weighted by molar-refractivity contribution is -0.129. The Balaban J connectivity index is 2.37. The highest BCUT2D eigenvalue weighted by atomic mass is 16.5. The van der Waals surface area contributed by atoms with Gasteiger partial charge in [-0.15, -0.1) is 6.42 Å². The average Bonchev–Trinajstić information content (AvgIpc) is 2.64. The van der Waals surface area contributed by atoms with E-state index in [0.29, 0.717) is 13.1 Å². The van der Waals surface area contributed by atoms with Crippen molar-refractivity contribution in [1.29, 1.82) is 0 Å². The predicted molar refractivity (Wildman–Crippen MR) is 59.4 cm³/mol. The predicted octanol–water partition coefficient (Wildman–Crippen LogP) is 0.164. The van der Waals surface area contributed by atoms with E-state index in [1.54, 1.807) is 18.0 Å². The third-order valence-electron chi connectivity index (χ3n) is 2.00. The van der Waals surface area contributed by atoms with Crippen LogP contribution in [0, 0.1) is 19.3 Å². The summed E-state index contributed by atoms with van der Waals surface area (Å²) in [4.78, 5) is 13.1. The molecule has 5 nitrogen and oxygen atoms in total. The summed E-state index contributed by atoms with van der Waals surface area (Å²) in [5.74, 6) is 3.11. The van der Waals surface area contributed by atoms with Crippen molar-refractivity contribution >= 4 is 5.91 Å². The number of carbonyl (C=O) groups is 1. The van der Waals surface area contributed by atoms with E-state index in [9.17, 15) is 4.79 Å². The molecule has 0 aliphatic heterocycles. The van der Waals surface area contributed by atoms with Gasteiger partial charge in [-0.05, 0) is 6.92 Å². The highest BCUT2D eigenvalue weighted by Gasteiger charge is 2.10. The second-order valence-corrected chi connectivity index (χ2v) is 3.49. The molecule has 0 bridgehead atoms. The number of nitrogens with zero attached hydrogens (tertiary/aromatic N) is 2. The van der Waals surface area contributed by atoms with Gasteiger partial charge in [0, 0.05) is 13.1 Å². The Morgan fingerprint density at radius 2 is 2.50 bits per heavy atom. The van der Waals surface area contributed by atoms with Gasteiger partial charge in [0.1, 0.15) is 11.5 Å². The largest absolute Gasteiger partial charge is 0.361 e. The van der Waals surface area contributed by atoms with E-state index in [2.05, 4.69) is 16.4 Å². The minimum absolute atomic E-state index is 0.0316. The number of rotatable bonds is 5. The van der Waals surface area contributed by atoms with E-state index < -0.39 is 0 Å². The molecule has 0 fully saturated rings. The molecule has 0 atom stereocenters. The van der Waals surface area contributed by atoms with E-state index >= 15 is 0 Å². The van der Waals surface area contributed by atoms with Crippen molar-refractivity contribution < 1.29 is 9.32 Å². The molecule has 1 aromatic heterocycles. The lowest BCUT2D eigenvalue weighted by Crippen LogP contribution is -2.35. The van der Waals surface area contributed by atoms with Crippen molar-refractivity contribution in [2.45, 2.75) is 13.5 Å². The van der Waals surface area contributed by atoms with Gasteiger partial charge in [-0.3, -0.25) is 10.1 Å². The van der Waals surface area contributed by atoms with Gasteiger partial charge in [0.05, 0.1) is 19.6 Å². The van der Waals surface area contributed by atoms with Crippen molar-refractivity contribution in [2.75, 3.05) is 20.1 Å². The second kappa shape index (κ2) is 5.93. The number of hydrogen-bond donors (Lipinski definition) is 1. The molecule has 0 aromatic carbocycles. The maximum absolute atomic E-state index is 11.6. The molecular weight excluding hydrogens is 206 g/mol. The Labute approximate surface area is 94.8 Å². The summed E-state index contributed by atoms with van der Waals surface area (Å²) in [5.41, 5.74) is 0.741. The molecule has 0 aliphatic carbocycles. The molecule has 1 aromatic rings. The van der Waals surface area contributed by atoms with Gasteiger partial charge in [-0.2, -0.15) is 0 Å². The monoisotopic (exact) mass is 221 g/mol. The van der Waals surface area contributed by atoms with Crippen molar-refractivity contribution in [1.82, 2.24) is 15.4 Å². The fourth-order valence-electron chi connectivity index (χ4n) is 1.20. The maximum atomic E-state index is 11.6. The Hall–Kier alpha value is -1.80. The number of hydrogen-bond acceptors (Lipinski definition) is 4. The fourth-order valence-corrected chi connectivity index (χ4v) is 1.20. The van der Waals surface area contributed by atoms with E-state index in [1.807, 2.05) is 6.92 Å². The van der Waals surface area contributed by atoms with Crippen LogP contribution in [0.5, 0.6) is 0 Å². The number of nitrogens with one attached hydrogen (secondary N) is 1. The molecule has 0 saturated heterocycles. The summed E-state index contributed by atoms with van der Waals surface area (Å²) in [6, 6.07) is 1.80. The van der Waals surface area contributed by atoms with Gasteiger partial charge >= 0.3 is 0 Å². The maximum Gasteiger partial charge on any atom is 0.236 e. The first-order valence-electron chi connectivity index (χ1n) is 4.94. The molecule has 1 amide bonds. The lowest BCUT2D eigenvalue weighted by Gasteiger charge is -2.15. The zero-order valence-electron chi connectivity index (χ0n) is 9.49. The molecule has 1 N–H and O–H groups in total. The molecule has 0 radical (unpaired) electrons. The summed E-state index contributed by atoms with van der Waals surface area (Å²) < 4.78 is 4.91. The van der Waals surface area contributed by atoms with Crippen molar-refractivity contribution in [3.05, 3.63) is 17.5 Å². The second-order valence-electron chi connectivity index (χ2n) is 3.49. The standard InChI is InChI=1S/C11H15N3O2/c1-4-5-12-7-11(15)14(3)8-10-6-9(2)16-13-10/h1,6,12H,5,7-8H2,2-3H3. The van der Waals surface area contributed by atoms with E-state index in [4.69, 9.17) is 10.9 Å². The molecule has 0 aliphatic rings. The number of aromatic nitrogens is 1. The first kappa shape index (κ1) is 12.3. The Kier molecular flexibility index (Phi) is 4.55. The highest BCUT2D eigenvalue weighted by molar-refractivity contribution is 5.77. The third kappa shape index (κ3) is 3.75. The van der Waals surface area contributed by atoms with Gasteiger partial charge in [0.2, 0.25) is 5.91 Å². The summed E-state index contributed by atoms with van der Waals surface area (Å²) in [7, 11) is 1.71. The summed E-state index contributed by atoms with van der Waals surface area (Å²) in [6.07, 6.45) is 5.06. The zero-order chi connectivity index (χ0) is 12.0. The Morgan fingerprint density at radius 1 is 1.75 bits per heavy atom. The topological polar surface area (TPSA) is 58.4 Å². The minimum atomic E-state index is -0.0316. The van der Waals surface area contributed by atoms with Crippen LogP contribution in [0.3, 0.4) is 0 Å². The summed E-state index contributed by atoms with van der Waals surface area (Å²) in [6.45, 7) is 2.88.